The Morgan fingerprint density at radius 2 is 2.14 bits per heavy atom. The minimum atomic E-state index is 0.216. The Labute approximate surface area is 133 Å². The van der Waals surface area contributed by atoms with Crippen LogP contribution < -0.4 is 10.6 Å². The molecule has 1 aliphatic rings. The van der Waals surface area contributed by atoms with Crippen molar-refractivity contribution in [3.8, 4) is 11.3 Å². The van der Waals surface area contributed by atoms with Gasteiger partial charge in [0.05, 0.1) is 10.7 Å². The molecule has 22 heavy (non-hydrogen) atoms. The number of fused-ring (bicyclic) bond motifs is 1. The predicted octanol–water partition coefficient (Wildman–Crippen LogP) is 2.59. The molecular weight excluding hydrogens is 298 g/mol. The molecular formula is C16H16ClN5. The molecule has 2 N–H and O–H groups in total. The highest BCUT2D eigenvalue weighted by molar-refractivity contribution is 6.33. The van der Waals surface area contributed by atoms with Crippen LogP contribution in [0.2, 0.25) is 5.02 Å². The highest BCUT2D eigenvalue weighted by atomic mass is 35.5. The number of halogens is 1. The summed E-state index contributed by atoms with van der Waals surface area (Å²) in [5, 5.41) is 5.33. The van der Waals surface area contributed by atoms with Crippen LogP contribution in [0, 0.1) is 0 Å². The van der Waals surface area contributed by atoms with Gasteiger partial charge in [0.1, 0.15) is 5.52 Å². The van der Waals surface area contributed by atoms with E-state index in [1.807, 2.05) is 41.0 Å². The molecule has 0 bridgehead atoms. The summed E-state index contributed by atoms with van der Waals surface area (Å²) < 4.78 is 1.85. The molecule has 0 spiro atoms. The largest absolute Gasteiger partial charge is 0.353 e. The van der Waals surface area contributed by atoms with Crippen molar-refractivity contribution in [2.75, 3.05) is 18.0 Å². The third-order valence-corrected chi connectivity index (χ3v) is 4.37. The Bertz CT molecular complexity index is 828. The Morgan fingerprint density at radius 3 is 2.91 bits per heavy atom. The molecule has 0 aliphatic carbocycles. The van der Waals surface area contributed by atoms with Crippen molar-refractivity contribution in [2.24, 2.45) is 5.73 Å². The molecule has 5 nitrogen and oxygen atoms in total. The molecule has 4 rings (SSSR count). The van der Waals surface area contributed by atoms with Crippen LogP contribution in [0.3, 0.4) is 0 Å². The van der Waals surface area contributed by atoms with Gasteiger partial charge in [0.15, 0.2) is 5.82 Å². The first-order valence-corrected chi connectivity index (χ1v) is 7.70. The highest BCUT2D eigenvalue weighted by Crippen LogP contribution is 2.30. The maximum atomic E-state index is 6.28. The molecule has 6 heteroatoms. The molecule has 1 aromatic carbocycles. The summed E-state index contributed by atoms with van der Waals surface area (Å²) in [6.07, 6.45) is 4.62. The molecule has 112 valence electrons. The average molecular weight is 314 g/mol. The lowest BCUT2D eigenvalue weighted by atomic mass is 10.1. The summed E-state index contributed by atoms with van der Waals surface area (Å²) in [5.41, 5.74) is 8.77. The fourth-order valence-electron chi connectivity index (χ4n) is 2.93. The minimum Gasteiger partial charge on any atom is -0.353 e. The van der Waals surface area contributed by atoms with E-state index in [0.717, 1.165) is 42.1 Å². The first-order chi connectivity index (χ1) is 10.7. The zero-order chi connectivity index (χ0) is 15.1. The minimum absolute atomic E-state index is 0.216. The van der Waals surface area contributed by atoms with Gasteiger partial charge in [0.25, 0.3) is 0 Å². The number of benzene rings is 1. The molecule has 1 aliphatic heterocycles. The van der Waals surface area contributed by atoms with Crippen LogP contribution in [-0.4, -0.2) is 33.7 Å². The van der Waals surface area contributed by atoms with E-state index in [1.54, 1.807) is 6.20 Å². The van der Waals surface area contributed by atoms with Crippen molar-refractivity contribution in [3.63, 3.8) is 0 Å². The van der Waals surface area contributed by atoms with Gasteiger partial charge in [-0.1, -0.05) is 29.8 Å². The van der Waals surface area contributed by atoms with E-state index in [4.69, 9.17) is 17.3 Å². The smallest absolute Gasteiger partial charge is 0.154 e. The van der Waals surface area contributed by atoms with Crippen molar-refractivity contribution < 1.29 is 0 Å². The number of nitrogens with zero attached hydrogens (tertiary/aromatic N) is 4. The summed E-state index contributed by atoms with van der Waals surface area (Å²) in [6.45, 7) is 1.76. The summed E-state index contributed by atoms with van der Waals surface area (Å²) in [5.74, 6) is 0.932. The number of nitrogens with two attached hydrogens (primary N) is 1. The Balaban J connectivity index is 1.83. The van der Waals surface area contributed by atoms with Crippen LogP contribution >= 0.6 is 11.6 Å². The molecule has 0 saturated carbocycles. The first-order valence-electron chi connectivity index (χ1n) is 7.32. The van der Waals surface area contributed by atoms with Gasteiger partial charge in [-0.2, -0.15) is 5.10 Å². The third-order valence-electron chi connectivity index (χ3n) is 4.04. The van der Waals surface area contributed by atoms with Crippen LogP contribution in [0.25, 0.3) is 16.8 Å². The molecule has 3 aromatic rings. The zero-order valence-corrected chi connectivity index (χ0v) is 12.7. The molecule has 3 heterocycles. The summed E-state index contributed by atoms with van der Waals surface area (Å²) in [4.78, 5) is 6.75. The second-order valence-electron chi connectivity index (χ2n) is 5.58. The van der Waals surface area contributed by atoms with E-state index in [-0.39, 0.29) is 6.04 Å². The number of anilines is 1. The van der Waals surface area contributed by atoms with E-state index in [9.17, 15) is 0 Å². The number of aromatic nitrogens is 3. The second-order valence-corrected chi connectivity index (χ2v) is 5.99. The lowest BCUT2D eigenvalue weighted by Gasteiger charge is -2.17. The quantitative estimate of drug-likeness (QED) is 0.790. The molecule has 0 radical (unpaired) electrons. The summed E-state index contributed by atoms with van der Waals surface area (Å²) in [7, 11) is 0. The summed E-state index contributed by atoms with van der Waals surface area (Å²) >= 11 is 6.28. The van der Waals surface area contributed by atoms with Gasteiger partial charge in [-0.15, -0.1) is 0 Å². The zero-order valence-electron chi connectivity index (χ0n) is 12.0. The Kier molecular flexibility index (Phi) is 3.24. The number of hydrogen-bond acceptors (Lipinski definition) is 4. The van der Waals surface area contributed by atoms with Crippen molar-refractivity contribution >= 4 is 22.9 Å². The standard InChI is InChI=1S/C16H16ClN5/c17-13-4-2-1-3-12(13)14-9-15-16(19-6-8-22(15)20-14)21-7-5-11(18)10-21/h1-4,6,8-9,11H,5,7,10,18H2. The third kappa shape index (κ3) is 2.23. The fourth-order valence-corrected chi connectivity index (χ4v) is 3.16. The molecule has 1 saturated heterocycles. The van der Waals surface area contributed by atoms with E-state index >= 15 is 0 Å². The first kappa shape index (κ1) is 13.5. The molecule has 2 aromatic heterocycles. The van der Waals surface area contributed by atoms with Gasteiger partial charge in [-0.05, 0) is 18.6 Å². The Morgan fingerprint density at radius 1 is 1.27 bits per heavy atom. The Hall–Kier alpha value is -2.11. The van der Waals surface area contributed by atoms with Gasteiger partial charge in [0.2, 0.25) is 0 Å². The molecule has 0 amide bonds. The van der Waals surface area contributed by atoms with Crippen LogP contribution in [0.15, 0.2) is 42.7 Å². The monoisotopic (exact) mass is 313 g/mol. The normalized spacial score (nSPS) is 18.3. The number of hydrogen-bond donors (Lipinski definition) is 1. The van der Waals surface area contributed by atoms with Gasteiger partial charge in [-0.3, -0.25) is 0 Å². The topological polar surface area (TPSA) is 59.5 Å². The number of rotatable bonds is 2. The second kappa shape index (κ2) is 5.26. The van der Waals surface area contributed by atoms with Gasteiger partial charge in [0, 0.05) is 37.1 Å². The van der Waals surface area contributed by atoms with E-state index in [0.29, 0.717) is 5.02 Å². The van der Waals surface area contributed by atoms with Crippen LogP contribution in [0.1, 0.15) is 6.42 Å². The fraction of sp³-hybridized carbons (Fsp3) is 0.250. The van der Waals surface area contributed by atoms with E-state index in [1.165, 1.54) is 0 Å². The maximum absolute atomic E-state index is 6.28. The predicted molar refractivity (Wildman–Crippen MR) is 88.2 cm³/mol. The van der Waals surface area contributed by atoms with Crippen LogP contribution in [0.4, 0.5) is 5.82 Å². The van der Waals surface area contributed by atoms with Crippen molar-refractivity contribution in [1.29, 1.82) is 0 Å². The SMILES string of the molecule is NC1CCN(c2nccn3nc(-c4ccccc4Cl)cc23)C1. The average Bonchev–Trinajstić information content (AvgIpc) is 3.13. The van der Waals surface area contributed by atoms with Gasteiger partial charge >= 0.3 is 0 Å². The van der Waals surface area contributed by atoms with E-state index in [2.05, 4.69) is 15.0 Å². The van der Waals surface area contributed by atoms with E-state index < -0.39 is 0 Å². The molecule has 1 unspecified atom stereocenters. The maximum Gasteiger partial charge on any atom is 0.154 e. The van der Waals surface area contributed by atoms with Crippen LogP contribution in [0.5, 0.6) is 0 Å². The van der Waals surface area contributed by atoms with Crippen LogP contribution in [-0.2, 0) is 0 Å². The highest BCUT2D eigenvalue weighted by Gasteiger charge is 2.23. The van der Waals surface area contributed by atoms with Gasteiger partial charge in [-0.25, -0.2) is 9.50 Å². The van der Waals surface area contributed by atoms with Gasteiger partial charge < -0.3 is 10.6 Å². The van der Waals surface area contributed by atoms with Crippen molar-refractivity contribution in [1.82, 2.24) is 14.6 Å². The summed E-state index contributed by atoms with van der Waals surface area (Å²) in [6, 6.07) is 9.98. The lowest BCUT2D eigenvalue weighted by Crippen LogP contribution is -2.27. The molecule has 1 atom stereocenters. The van der Waals surface area contributed by atoms with Crippen molar-refractivity contribution in [3.05, 3.63) is 47.7 Å². The molecule has 1 fully saturated rings. The van der Waals surface area contributed by atoms with Crippen molar-refractivity contribution in [2.45, 2.75) is 12.5 Å². The lowest BCUT2D eigenvalue weighted by molar-refractivity contribution is 0.751.